The summed E-state index contributed by atoms with van der Waals surface area (Å²) >= 11 is 0. The van der Waals surface area contributed by atoms with Crippen molar-refractivity contribution in [1.29, 1.82) is 0 Å². The molecule has 0 saturated carbocycles. The molecule has 0 aliphatic carbocycles. The topological polar surface area (TPSA) is 87.7 Å². The number of nitrogens with one attached hydrogen (secondary N) is 2. The highest BCUT2D eigenvalue weighted by atomic mass is 35.5. The van der Waals surface area contributed by atoms with E-state index in [1.807, 2.05) is 30.3 Å². The van der Waals surface area contributed by atoms with Gasteiger partial charge in [0.25, 0.3) is 0 Å². The summed E-state index contributed by atoms with van der Waals surface area (Å²) in [6.45, 7) is 4.28. The van der Waals surface area contributed by atoms with Gasteiger partial charge in [-0.05, 0) is 48.9 Å². The van der Waals surface area contributed by atoms with Gasteiger partial charge in [0.15, 0.2) is 5.75 Å². The van der Waals surface area contributed by atoms with Crippen LogP contribution in [0, 0.1) is 0 Å². The van der Waals surface area contributed by atoms with Crippen LogP contribution in [0.25, 0.3) is 0 Å². The quantitative estimate of drug-likeness (QED) is 0.303. The smallest absolute Gasteiger partial charge is 0.311 e. The van der Waals surface area contributed by atoms with Gasteiger partial charge in [0.1, 0.15) is 0 Å². The van der Waals surface area contributed by atoms with Crippen molar-refractivity contribution >= 4 is 35.9 Å². The summed E-state index contributed by atoms with van der Waals surface area (Å²) in [4.78, 5) is 38.1. The van der Waals surface area contributed by atoms with E-state index >= 15 is 0 Å². The molecule has 2 N–H and O–H groups in total. The van der Waals surface area contributed by atoms with Crippen LogP contribution in [0.1, 0.15) is 43.7 Å². The van der Waals surface area contributed by atoms with Crippen molar-refractivity contribution in [2.75, 3.05) is 31.5 Å². The fourth-order valence-corrected chi connectivity index (χ4v) is 3.86. The lowest BCUT2D eigenvalue weighted by Crippen LogP contribution is -2.46. The van der Waals surface area contributed by atoms with Crippen LogP contribution in [0.4, 0.5) is 5.69 Å². The standard InChI is InChI=1S/C26H33N3O4.ClH/c1-20(30)28-23-12-11-22(10-6-5-9-21-7-3-2-4-8-21)19-24(23)33-26(32)14-13-25(31)29-17-15-27-16-18-29;/h2-4,7-8,11-12,19,27H,5-6,9-10,13-18H2,1H3,(H,28,30);1H. The minimum absolute atomic E-state index is 0. The maximum atomic E-state index is 12.4. The summed E-state index contributed by atoms with van der Waals surface area (Å²) in [7, 11) is 0. The Morgan fingerprint density at radius 1 is 0.941 bits per heavy atom. The second-order valence-electron chi connectivity index (χ2n) is 8.31. The van der Waals surface area contributed by atoms with Crippen molar-refractivity contribution in [2.24, 2.45) is 0 Å². The maximum Gasteiger partial charge on any atom is 0.311 e. The second-order valence-corrected chi connectivity index (χ2v) is 8.31. The van der Waals surface area contributed by atoms with Gasteiger partial charge in [-0.2, -0.15) is 0 Å². The molecule has 7 nitrogen and oxygen atoms in total. The van der Waals surface area contributed by atoms with Crippen LogP contribution in [0.5, 0.6) is 5.75 Å². The van der Waals surface area contributed by atoms with Crippen molar-refractivity contribution < 1.29 is 19.1 Å². The number of esters is 1. The highest BCUT2D eigenvalue weighted by molar-refractivity contribution is 5.91. The Kier molecular flexibility index (Phi) is 11.6. The van der Waals surface area contributed by atoms with Crippen LogP contribution in [-0.2, 0) is 27.2 Å². The first-order valence-corrected chi connectivity index (χ1v) is 11.6. The molecule has 3 rings (SSSR count). The Hall–Kier alpha value is -2.90. The molecule has 8 heteroatoms. The first-order valence-electron chi connectivity index (χ1n) is 11.6. The molecule has 34 heavy (non-hydrogen) atoms. The molecule has 1 saturated heterocycles. The fourth-order valence-electron chi connectivity index (χ4n) is 3.86. The molecular formula is C26H34ClN3O4. The molecule has 2 amide bonds. The summed E-state index contributed by atoms with van der Waals surface area (Å²) in [5.41, 5.74) is 2.82. The third-order valence-electron chi connectivity index (χ3n) is 5.62. The molecule has 184 valence electrons. The van der Waals surface area contributed by atoms with Crippen LogP contribution in [0.15, 0.2) is 48.5 Å². The van der Waals surface area contributed by atoms with E-state index in [9.17, 15) is 14.4 Å². The minimum atomic E-state index is -0.480. The van der Waals surface area contributed by atoms with Gasteiger partial charge >= 0.3 is 5.97 Å². The van der Waals surface area contributed by atoms with Crippen LogP contribution >= 0.6 is 12.4 Å². The Labute approximate surface area is 207 Å². The van der Waals surface area contributed by atoms with E-state index < -0.39 is 5.97 Å². The van der Waals surface area contributed by atoms with Gasteiger partial charge in [-0.1, -0.05) is 36.4 Å². The monoisotopic (exact) mass is 487 g/mol. The van der Waals surface area contributed by atoms with Gasteiger partial charge in [0.05, 0.1) is 12.1 Å². The molecular weight excluding hydrogens is 454 g/mol. The number of aryl methyl sites for hydroxylation is 2. The zero-order valence-corrected chi connectivity index (χ0v) is 20.5. The number of nitrogens with zero attached hydrogens (tertiary/aromatic N) is 1. The Balaban J connectivity index is 0.00000408. The molecule has 0 aromatic heterocycles. The van der Waals surface area contributed by atoms with Crippen LogP contribution < -0.4 is 15.4 Å². The number of ether oxygens (including phenoxy) is 1. The summed E-state index contributed by atoms with van der Waals surface area (Å²) in [5, 5.41) is 5.91. The molecule has 0 bridgehead atoms. The summed E-state index contributed by atoms with van der Waals surface area (Å²) in [6, 6.07) is 15.9. The molecule has 0 spiro atoms. The highest BCUT2D eigenvalue weighted by Gasteiger charge is 2.18. The van der Waals surface area contributed by atoms with E-state index in [0.717, 1.165) is 44.3 Å². The van der Waals surface area contributed by atoms with E-state index in [4.69, 9.17) is 4.74 Å². The number of unbranched alkanes of at least 4 members (excludes halogenated alkanes) is 1. The number of amides is 2. The van der Waals surface area contributed by atoms with Gasteiger partial charge in [0, 0.05) is 39.5 Å². The van der Waals surface area contributed by atoms with Crippen LogP contribution in [-0.4, -0.2) is 48.9 Å². The number of hydrogen-bond acceptors (Lipinski definition) is 5. The summed E-state index contributed by atoms with van der Waals surface area (Å²) < 4.78 is 5.56. The molecule has 2 aromatic carbocycles. The van der Waals surface area contributed by atoms with Crippen LogP contribution in [0.3, 0.4) is 0 Å². The van der Waals surface area contributed by atoms with Crippen molar-refractivity contribution in [2.45, 2.75) is 45.4 Å². The Morgan fingerprint density at radius 3 is 2.29 bits per heavy atom. The van der Waals surface area contributed by atoms with E-state index in [1.54, 1.807) is 11.0 Å². The summed E-state index contributed by atoms with van der Waals surface area (Å²) in [5.74, 6) is -0.434. The lowest BCUT2D eigenvalue weighted by atomic mass is 10.0. The predicted octanol–water partition coefficient (Wildman–Crippen LogP) is 3.75. The Morgan fingerprint density at radius 2 is 1.62 bits per heavy atom. The van der Waals surface area contributed by atoms with E-state index in [0.29, 0.717) is 24.5 Å². The number of piperazine rings is 1. The molecule has 0 atom stereocenters. The lowest BCUT2D eigenvalue weighted by molar-refractivity contribution is -0.139. The van der Waals surface area contributed by atoms with Crippen molar-refractivity contribution in [3.05, 3.63) is 59.7 Å². The summed E-state index contributed by atoms with van der Waals surface area (Å²) in [6.07, 6.45) is 4.05. The average molecular weight is 488 g/mol. The molecule has 1 fully saturated rings. The molecule has 2 aromatic rings. The molecule has 0 radical (unpaired) electrons. The Bertz CT molecular complexity index is 946. The number of benzene rings is 2. The first kappa shape index (κ1) is 27.3. The predicted molar refractivity (Wildman–Crippen MR) is 135 cm³/mol. The maximum absolute atomic E-state index is 12.4. The number of carbonyl (C=O) groups is 3. The van der Waals surface area contributed by atoms with Crippen LogP contribution in [0.2, 0.25) is 0 Å². The number of carbonyl (C=O) groups excluding carboxylic acids is 3. The molecule has 1 aliphatic heterocycles. The second kappa shape index (κ2) is 14.4. The van der Waals surface area contributed by atoms with Gasteiger partial charge in [-0.15, -0.1) is 12.4 Å². The third kappa shape index (κ3) is 9.15. The zero-order valence-electron chi connectivity index (χ0n) is 19.7. The van der Waals surface area contributed by atoms with E-state index in [-0.39, 0.29) is 37.1 Å². The largest absolute Gasteiger partial charge is 0.424 e. The fraction of sp³-hybridized carbons (Fsp3) is 0.423. The van der Waals surface area contributed by atoms with Gasteiger partial charge in [0.2, 0.25) is 11.8 Å². The third-order valence-corrected chi connectivity index (χ3v) is 5.62. The van der Waals surface area contributed by atoms with Crippen molar-refractivity contribution in [3.8, 4) is 5.75 Å². The first-order chi connectivity index (χ1) is 16.0. The molecule has 1 heterocycles. The lowest BCUT2D eigenvalue weighted by Gasteiger charge is -2.27. The highest BCUT2D eigenvalue weighted by Crippen LogP contribution is 2.27. The number of halogens is 1. The minimum Gasteiger partial charge on any atom is -0.424 e. The van der Waals surface area contributed by atoms with Crippen molar-refractivity contribution in [3.63, 3.8) is 0 Å². The average Bonchev–Trinajstić information content (AvgIpc) is 2.83. The molecule has 0 unspecified atom stereocenters. The SMILES string of the molecule is CC(=O)Nc1ccc(CCCCc2ccccc2)cc1OC(=O)CCC(=O)N1CCNCC1.Cl. The van der Waals surface area contributed by atoms with Gasteiger partial charge < -0.3 is 20.3 Å². The molecule has 1 aliphatic rings. The van der Waals surface area contributed by atoms with Crippen molar-refractivity contribution in [1.82, 2.24) is 10.2 Å². The zero-order chi connectivity index (χ0) is 23.5. The van der Waals surface area contributed by atoms with E-state index in [1.165, 1.54) is 12.5 Å². The number of rotatable bonds is 10. The number of hydrogen-bond donors (Lipinski definition) is 2. The normalized spacial score (nSPS) is 13.0. The number of anilines is 1. The van der Waals surface area contributed by atoms with Gasteiger partial charge in [-0.3, -0.25) is 14.4 Å². The van der Waals surface area contributed by atoms with Gasteiger partial charge in [-0.25, -0.2) is 0 Å². The van der Waals surface area contributed by atoms with E-state index in [2.05, 4.69) is 22.8 Å².